The number of nitrogens with zero attached hydrogens (tertiary/aromatic N) is 1. The van der Waals surface area contributed by atoms with Crippen molar-refractivity contribution in [3.8, 4) is 28.5 Å². The number of ether oxygens (including phenoxy) is 1. The molecule has 0 aliphatic heterocycles. The number of anilines is 1. The summed E-state index contributed by atoms with van der Waals surface area (Å²) in [6.07, 6.45) is 0. The van der Waals surface area contributed by atoms with Gasteiger partial charge in [-0.15, -0.1) is 0 Å². The molecule has 0 atom stereocenters. The first-order valence-electron chi connectivity index (χ1n) is 9.92. The van der Waals surface area contributed by atoms with Gasteiger partial charge in [-0.05, 0) is 66.7 Å². The minimum Gasteiger partial charge on any atom is -0.497 e. The molecule has 0 fully saturated rings. The quantitative estimate of drug-likeness (QED) is 0.286. The van der Waals surface area contributed by atoms with Crippen molar-refractivity contribution in [1.82, 2.24) is 4.98 Å². The highest BCUT2D eigenvalue weighted by Gasteiger charge is 2.15. The van der Waals surface area contributed by atoms with E-state index in [1.165, 1.54) is 0 Å². The SMILES string of the molecule is COc1cccc(-c2nc3cc(NC(=O)c4ccc(-c5ccc(Cl)c(Cl)c5)o4)ccc3o2)c1. The number of furan rings is 1. The van der Waals surface area contributed by atoms with E-state index < -0.39 is 5.91 Å². The molecular formula is C25H16Cl2N2O4. The van der Waals surface area contributed by atoms with Crippen molar-refractivity contribution in [2.75, 3.05) is 12.4 Å². The van der Waals surface area contributed by atoms with Crippen LogP contribution >= 0.6 is 23.2 Å². The first kappa shape index (κ1) is 21.1. The van der Waals surface area contributed by atoms with Crippen molar-refractivity contribution in [3.05, 3.63) is 88.6 Å². The van der Waals surface area contributed by atoms with Crippen LogP contribution in [0.2, 0.25) is 10.0 Å². The number of fused-ring (bicyclic) bond motifs is 1. The second-order valence-electron chi connectivity index (χ2n) is 7.18. The normalized spacial score (nSPS) is 11.0. The summed E-state index contributed by atoms with van der Waals surface area (Å²) >= 11 is 12.0. The number of halogens is 2. The molecule has 164 valence electrons. The van der Waals surface area contributed by atoms with Crippen molar-refractivity contribution in [2.45, 2.75) is 0 Å². The Morgan fingerprint density at radius 2 is 1.79 bits per heavy atom. The molecule has 2 aromatic heterocycles. The minimum absolute atomic E-state index is 0.161. The zero-order chi connectivity index (χ0) is 22.9. The lowest BCUT2D eigenvalue weighted by Crippen LogP contribution is -2.10. The molecule has 0 aliphatic carbocycles. The van der Waals surface area contributed by atoms with Crippen LogP contribution in [0.15, 0.2) is 81.6 Å². The van der Waals surface area contributed by atoms with E-state index in [-0.39, 0.29) is 5.76 Å². The van der Waals surface area contributed by atoms with E-state index in [9.17, 15) is 4.79 Å². The largest absolute Gasteiger partial charge is 0.497 e. The fourth-order valence-electron chi connectivity index (χ4n) is 3.34. The van der Waals surface area contributed by atoms with Crippen LogP contribution in [-0.4, -0.2) is 18.0 Å². The van der Waals surface area contributed by atoms with Crippen molar-refractivity contribution in [2.24, 2.45) is 0 Å². The van der Waals surface area contributed by atoms with E-state index in [1.54, 1.807) is 55.6 Å². The maximum absolute atomic E-state index is 12.7. The van der Waals surface area contributed by atoms with Gasteiger partial charge in [-0.3, -0.25) is 4.79 Å². The Bertz CT molecular complexity index is 1490. The summed E-state index contributed by atoms with van der Waals surface area (Å²) in [5.41, 5.74) is 3.29. The lowest BCUT2D eigenvalue weighted by molar-refractivity contribution is 0.0997. The zero-order valence-corrected chi connectivity index (χ0v) is 18.8. The molecule has 2 heterocycles. The van der Waals surface area contributed by atoms with Crippen LogP contribution in [0.4, 0.5) is 5.69 Å². The van der Waals surface area contributed by atoms with Gasteiger partial charge in [0, 0.05) is 16.8 Å². The van der Waals surface area contributed by atoms with Crippen LogP contribution in [0.25, 0.3) is 33.9 Å². The summed E-state index contributed by atoms with van der Waals surface area (Å²) in [4.78, 5) is 17.2. The Morgan fingerprint density at radius 3 is 2.61 bits per heavy atom. The molecule has 0 saturated heterocycles. The standard InChI is InChI=1S/C25H16Cl2N2O4/c1-31-17-4-2-3-15(11-17)25-29-20-13-16(6-8-22(20)33-25)28-24(30)23-10-9-21(32-23)14-5-7-18(26)19(27)12-14/h2-13H,1H3,(H,28,30). The zero-order valence-electron chi connectivity index (χ0n) is 17.3. The van der Waals surface area contributed by atoms with Crippen LogP contribution in [-0.2, 0) is 0 Å². The molecule has 33 heavy (non-hydrogen) atoms. The predicted molar refractivity (Wildman–Crippen MR) is 128 cm³/mol. The number of nitrogens with one attached hydrogen (secondary N) is 1. The highest BCUT2D eigenvalue weighted by molar-refractivity contribution is 6.42. The molecule has 0 spiro atoms. The summed E-state index contributed by atoms with van der Waals surface area (Å²) in [6.45, 7) is 0. The smallest absolute Gasteiger partial charge is 0.291 e. The molecule has 0 radical (unpaired) electrons. The van der Waals surface area contributed by atoms with E-state index >= 15 is 0 Å². The predicted octanol–water partition coefficient (Wildman–Crippen LogP) is 7.32. The van der Waals surface area contributed by atoms with Gasteiger partial charge in [0.1, 0.15) is 17.0 Å². The molecule has 8 heteroatoms. The number of hydrogen-bond donors (Lipinski definition) is 1. The van der Waals surface area contributed by atoms with Gasteiger partial charge in [0.05, 0.1) is 17.2 Å². The monoisotopic (exact) mass is 478 g/mol. The summed E-state index contributed by atoms with van der Waals surface area (Å²) in [6, 6.07) is 21.1. The van der Waals surface area contributed by atoms with Crippen LogP contribution in [0.5, 0.6) is 5.75 Å². The topological polar surface area (TPSA) is 77.5 Å². The summed E-state index contributed by atoms with van der Waals surface area (Å²) in [5, 5.41) is 3.68. The van der Waals surface area contributed by atoms with E-state index in [0.29, 0.717) is 44.2 Å². The van der Waals surface area contributed by atoms with Gasteiger partial charge in [0.25, 0.3) is 5.91 Å². The Hall–Kier alpha value is -3.74. The summed E-state index contributed by atoms with van der Waals surface area (Å²) in [5.74, 6) is 1.45. The Balaban J connectivity index is 1.36. The number of hydrogen-bond acceptors (Lipinski definition) is 5. The van der Waals surface area contributed by atoms with Crippen LogP contribution in [0.1, 0.15) is 10.6 Å². The lowest BCUT2D eigenvalue weighted by Gasteiger charge is -2.03. The fraction of sp³-hybridized carbons (Fsp3) is 0.0400. The Morgan fingerprint density at radius 1 is 0.909 bits per heavy atom. The average molecular weight is 479 g/mol. The highest BCUT2D eigenvalue weighted by atomic mass is 35.5. The number of rotatable bonds is 5. The first-order valence-corrected chi connectivity index (χ1v) is 10.7. The average Bonchev–Trinajstić information content (AvgIpc) is 3.48. The van der Waals surface area contributed by atoms with E-state index in [4.69, 9.17) is 36.8 Å². The maximum Gasteiger partial charge on any atom is 0.291 e. The van der Waals surface area contributed by atoms with Gasteiger partial charge in [0.15, 0.2) is 11.3 Å². The van der Waals surface area contributed by atoms with E-state index in [2.05, 4.69) is 10.3 Å². The van der Waals surface area contributed by atoms with Crippen molar-refractivity contribution in [1.29, 1.82) is 0 Å². The molecule has 0 unspecified atom stereocenters. The second-order valence-corrected chi connectivity index (χ2v) is 7.99. The molecule has 6 nitrogen and oxygen atoms in total. The van der Waals surface area contributed by atoms with Gasteiger partial charge in [-0.2, -0.15) is 0 Å². The van der Waals surface area contributed by atoms with Crippen LogP contribution < -0.4 is 10.1 Å². The molecule has 3 aromatic carbocycles. The third-order valence-electron chi connectivity index (χ3n) is 5.00. The third kappa shape index (κ3) is 4.31. The molecule has 1 N–H and O–H groups in total. The molecule has 5 aromatic rings. The number of carbonyl (C=O) groups is 1. The van der Waals surface area contributed by atoms with Gasteiger partial charge >= 0.3 is 0 Å². The molecule has 0 aliphatic rings. The number of carbonyl (C=O) groups excluding carboxylic acids is 1. The molecule has 1 amide bonds. The molecule has 0 saturated carbocycles. The van der Waals surface area contributed by atoms with Crippen LogP contribution in [0, 0.1) is 0 Å². The van der Waals surface area contributed by atoms with Crippen LogP contribution in [0.3, 0.4) is 0 Å². The second kappa shape index (κ2) is 8.65. The highest BCUT2D eigenvalue weighted by Crippen LogP contribution is 2.31. The Labute approximate surface area is 198 Å². The van der Waals surface area contributed by atoms with E-state index in [1.807, 2.05) is 24.3 Å². The summed E-state index contributed by atoms with van der Waals surface area (Å²) in [7, 11) is 1.60. The van der Waals surface area contributed by atoms with Gasteiger partial charge in [0.2, 0.25) is 5.89 Å². The molecule has 0 bridgehead atoms. The van der Waals surface area contributed by atoms with Gasteiger partial charge < -0.3 is 18.9 Å². The minimum atomic E-state index is -0.392. The number of amides is 1. The molecular weight excluding hydrogens is 463 g/mol. The van der Waals surface area contributed by atoms with E-state index in [0.717, 1.165) is 11.1 Å². The van der Waals surface area contributed by atoms with Crippen molar-refractivity contribution in [3.63, 3.8) is 0 Å². The number of oxazole rings is 1. The summed E-state index contributed by atoms with van der Waals surface area (Å²) < 4.78 is 16.8. The number of methoxy groups -OCH3 is 1. The number of aromatic nitrogens is 1. The Kier molecular flexibility index (Phi) is 5.54. The third-order valence-corrected chi connectivity index (χ3v) is 5.74. The first-order chi connectivity index (χ1) is 16.0. The lowest BCUT2D eigenvalue weighted by atomic mass is 10.2. The van der Waals surface area contributed by atoms with Gasteiger partial charge in [-0.25, -0.2) is 4.98 Å². The van der Waals surface area contributed by atoms with Gasteiger partial charge in [-0.1, -0.05) is 29.3 Å². The fourth-order valence-corrected chi connectivity index (χ4v) is 3.64. The number of benzene rings is 3. The maximum atomic E-state index is 12.7. The van der Waals surface area contributed by atoms with Crippen molar-refractivity contribution < 1.29 is 18.4 Å². The molecule has 5 rings (SSSR count). The van der Waals surface area contributed by atoms with Crippen molar-refractivity contribution >= 4 is 45.9 Å².